The topological polar surface area (TPSA) is 20.2 Å². The molecule has 78 valence electrons. The molecule has 0 saturated carbocycles. The lowest BCUT2D eigenvalue weighted by Crippen LogP contribution is -2.17. The van der Waals surface area contributed by atoms with E-state index in [0.717, 1.165) is 24.6 Å². The summed E-state index contributed by atoms with van der Waals surface area (Å²) in [7, 11) is 0. The van der Waals surface area contributed by atoms with E-state index < -0.39 is 5.60 Å². The van der Waals surface area contributed by atoms with Crippen LogP contribution in [-0.2, 0) is 0 Å². The van der Waals surface area contributed by atoms with E-state index >= 15 is 0 Å². The van der Waals surface area contributed by atoms with Crippen LogP contribution in [0.3, 0.4) is 0 Å². The maximum atomic E-state index is 9.10. The second-order valence-electron chi connectivity index (χ2n) is 3.41. The van der Waals surface area contributed by atoms with Crippen molar-refractivity contribution < 1.29 is 5.11 Å². The lowest BCUT2D eigenvalue weighted by molar-refractivity contribution is 0.0722. The van der Waals surface area contributed by atoms with Gasteiger partial charge in [-0.15, -0.1) is 13.2 Å². The molecular formula is C11H21BrO. The summed E-state index contributed by atoms with van der Waals surface area (Å²) >= 11 is 3.24. The van der Waals surface area contributed by atoms with Crippen molar-refractivity contribution in [2.75, 3.05) is 5.33 Å². The summed E-state index contributed by atoms with van der Waals surface area (Å²) in [4.78, 5) is 0. The Morgan fingerprint density at radius 3 is 1.77 bits per heavy atom. The molecule has 0 radical (unpaired) electrons. The normalized spacial score (nSPS) is 9.85. The highest BCUT2D eigenvalue weighted by atomic mass is 79.9. The van der Waals surface area contributed by atoms with Crippen LogP contribution < -0.4 is 0 Å². The molecule has 1 nitrogen and oxygen atoms in total. The van der Waals surface area contributed by atoms with Crippen molar-refractivity contribution in [2.24, 2.45) is 0 Å². The Hall–Kier alpha value is -0.0800. The minimum absolute atomic E-state index is 0.520. The van der Waals surface area contributed by atoms with E-state index in [4.69, 9.17) is 5.11 Å². The third-order valence-electron chi connectivity index (χ3n) is 1.27. The van der Waals surface area contributed by atoms with Gasteiger partial charge in [0, 0.05) is 5.33 Å². The molecule has 0 aromatic carbocycles. The number of hydrogen-bond acceptors (Lipinski definition) is 1. The van der Waals surface area contributed by atoms with Crippen molar-refractivity contribution in [3.63, 3.8) is 0 Å². The average molecular weight is 249 g/mol. The first-order valence-corrected chi connectivity index (χ1v) is 5.60. The summed E-state index contributed by atoms with van der Waals surface area (Å²) in [6.07, 6.45) is 6.46. The van der Waals surface area contributed by atoms with Gasteiger partial charge in [0.25, 0.3) is 0 Å². The number of alkyl halides is 1. The minimum atomic E-state index is -0.520. The molecule has 0 aliphatic heterocycles. The lowest BCUT2D eigenvalue weighted by Gasteiger charge is -2.14. The van der Waals surface area contributed by atoms with Gasteiger partial charge in [-0.05, 0) is 33.1 Å². The fourth-order valence-corrected chi connectivity index (χ4v) is 0.856. The molecule has 0 atom stereocenters. The van der Waals surface area contributed by atoms with Gasteiger partial charge >= 0.3 is 0 Å². The van der Waals surface area contributed by atoms with Gasteiger partial charge in [0.2, 0.25) is 0 Å². The van der Waals surface area contributed by atoms with E-state index in [1.165, 1.54) is 0 Å². The maximum absolute atomic E-state index is 9.10. The van der Waals surface area contributed by atoms with Crippen LogP contribution in [0.5, 0.6) is 0 Å². The van der Waals surface area contributed by atoms with Gasteiger partial charge in [0.15, 0.2) is 0 Å². The molecule has 0 spiro atoms. The first kappa shape index (κ1) is 15.4. The Balaban J connectivity index is 0. The molecular weight excluding hydrogens is 228 g/mol. The predicted molar refractivity (Wildman–Crippen MR) is 64.3 cm³/mol. The standard InChI is InChI=1S/C7H14O.C4H7Br/c1-4-5-6-7(2,3)8;1-2-3-4-5/h4,8H,1,5-6H2,2-3H3;2H,1,3-4H2. The second-order valence-corrected chi connectivity index (χ2v) is 4.20. The summed E-state index contributed by atoms with van der Waals surface area (Å²) in [6.45, 7) is 10.7. The number of rotatable bonds is 5. The predicted octanol–water partition coefficient (Wildman–Crippen LogP) is 3.68. The van der Waals surface area contributed by atoms with Gasteiger partial charge in [-0.25, -0.2) is 0 Å². The van der Waals surface area contributed by atoms with Gasteiger partial charge in [-0.1, -0.05) is 28.1 Å². The lowest BCUT2D eigenvalue weighted by atomic mass is 10.0. The first-order valence-electron chi connectivity index (χ1n) is 4.48. The first-order chi connectivity index (χ1) is 5.97. The second kappa shape index (κ2) is 10.0. The molecule has 0 unspecified atom stereocenters. The van der Waals surface area contributed by atoms with Crippen molar-refractivity contribution >= 4 is 15.9 Å². The van der Waals surface area contributed by atoms with Crippen LogP contribution in [0.4, 0.5) is 0 Å². The molecule has 0 aliphatic rings. The molecule has 0 bridgehead atoms. The molecule has 0 heterocycles. The molecule has 2 heteroatoms. The molecule has 1 N–H and O–H groups in total. The Morgan fingerprint density at radius 2 is 1.69 bits per heavy atom. The van der Waals surface area contributed by atoms with Gasteiger partial charge in [-0.2, -0.15) is 0 Å². The van der Waals surface area contributed by atoms with Crippen molar-refractivity contribution in [3.8, 4) is 0 Å². The Labute approximate surface area is 90.7 Å². The molecule has 0 fully saturated rings. The highest BCUT2D eigenvalue weighted by Gasteiger charge is 2.09. The Bertz CT molecular complexity index is 125. The molecule has 0 aromatic rings. The maximum Gasteiger partial charge on any atom is 0.0594 e. The summed E-state index contributed by atoms with van der Waals surface area (Å²) in [5.41, 5.74) is -0.520. The van der Waals surface area contributed by atoms with Crippen LogP contribution in [0.1, 0.15) is 33.1 Å². The van der Waals surface area contributed by atoms with E-state index in [1.54, 1.807) is 13.8 Å². The number of allylic oxidation sites excluding steroid dienone is 2. The molecule has 13 heavy (non-hydrogen) atoms. The largest absolute Gasteiger partial charge is 0.390 e. The molecule has 0 aliphatic carbocycles. The van der Waals surface area contributed by atoms with Crippen LogP contribution in [0.2, 0.25) is 0 Å². The zero-order valence-corrected chi connectivity index (χ0v) is 10.3. The van der Waals surface area contributed by atoms with E-state index in [9.17, 15) is 0 Å². The van der Waals surface area contributed by atoms with Crippen LogP contribution >= 0.6 is 15.9 Å². The Kier molecular flexibility index (Phi) is 11.8. The summed E-state index contributed by atoms with van der Waals surface area (Å²) in [6, 6.07) is 0. The highest BCUT2D eigenvalue weighted by molar-refractivity contribution is 9.09. The van der Waals surface area contributed by atoms with E-state index in [-0.39, 0.29) is 0 Å². The van der Waals surface area contributed by atoms with E-state index in [0.29, 0.717) is 0 Å². The summed E-state index contributed by atoms with van der Waals surface area (Å²) < 4.78 is 0. The number of halogens is 1. The molecule has 0 aromatic heterocycles. The van der Waals surface area contributed by atoms with Crippen LogP contribution in [0.15, 0.2) is 25.3 Å². The van der Waals surface area contributed by atoms with Crippen molar-refractivity contribution in [2.45, 2.75) is 38.7 Å². The van der Waals surface area contributed by atoms with Crippen LogP contribution in [-0.4, -0.2) is 16.0 Å². The van der Waals surface area contributed by atoms with Crippen molar-refractivity contribution in [1.82, 2.24) is 0 Å². The van der Waals surface area contributed by atoms with E-state index in [1.807, 2.05) is 12.2 Å². The molecule has 0 saturated heterocycles. The van der Waals surface area contributed by atoms with Gasteiger partial charge < -0.3 is 5.11 Å². The fourth-order valence-electron chi connectivity index (χ4n) is 0.532. The van der Waals surface area contributed by atoms with E-state index in [2.05, 4.69) is 29.1 Å². The number of hydrogen-bond donors (Lipinski definition) is 1. The summed E-state index contributed by atoms with van der Waals surface area (Å²) in [5.74, 6) is 0. The monoisotopic (exact) mass is 248 g/mol. The fraction of sp³-hybridized carbons (Fsp3) is 0.636. The third-order valence-corrected chi connectivity index (χ3v) is 1.73. The third kappa shape index (κ3) is 24.5. The van der Waals surface area contributed by atoms with Crippen molar-refractivity contribution in [1.29, 1.82) is 0 Å². The van der Waals surface area contributed by atoms with Crippen LogP contribution in [0.25, 0.3) is 0 Å². The zero-order valence-electron chi connectivity index (χ0n) is 8.72. The molecule has 0 rings (SSSR count). The summed E-state index contributed by atoms with van der Waals surface area (Å²) in [5, 5.41) is 10.1. The van der Waals surface area contributed by atoms with Gasteiger partial charge in [0.05, 0.1) is 5.60 Å². The SMILES string of the molecule is C=CCCBr.C=CCCC(C)(C)O. The zero-order chi connectivity index (χ0) is 10.7. The number of aliphatic hydroxyl groups is 1. The minimum Gasteiger partial charge on any atom is -0.390 e. The van der Waals surface area contributed by atoms with Gasteiger partial charge in [0.1, 0.15) is 0 Å². The highest BCUT2D eigenvalue weighted by Crippen LogP contribution is 2.09. The van der Waals surface area contributed by atoms with Gasteiger partial charge in [-0.3, -0.25) is 0 Å². The van der Waals surface area contributed by atoms with Crippen molar-refractivity contribution in [3.05, 3.63) is 25.3 Å². The smallest absolute Gasteiger partial charge is 0.0594 e. The Morgan fingerprint density at radius 1 is 1.23 bits per heavy atom. The average Bonchev–Trinajstić information content (AvgIpc) is 2.02. The quantitative estimate of drug-likeness (QED) is 0.582. The molecule has 0 amide bonds. The van der Waals surface area contributed by atoms with Crippen LogP contribution in [0, 0.1) is 0 Å².